The van der Waals surface area contributed by atoms with Crippen LogP contribution < -0.4 is 0 Å². The highest BCUT2D eigenvalue weighted by atomic mass is 16.5. The SMILES string of the molecule is C1=CCOCC1.C1=COCC1.C1CCOC1.CC(C)(C)C.CC(C)(C)C.CC(C)(C)C. The molecular weight excluding hydrogens is 384 g/mol. The van der Waals surface area contributed by atoms with Gasteiger partial charge in [0.15, 0.2) is 0 Å². The minimum Gasteiger partial charge on any atom is -0.501 e. The Balaban J connectivity index is -0.000000304. The van der Waals surface area contributed by atoms with Crippen molar-refractivity contribution in [3.8, 4) is 0 Å². The largest absolute Gasteiger partial charge is 0.501 e. The van der Waals surface area contributed by atoms with Gasteiger partial charge in [-0.25, -0.2) is 0 Å². The Kier molecular flexibility index (Phi) is 23.7. The number of hydrogen-bond acceptors (Lipinski definition) is 3. The maximum atomic E-state index is 4.98. The standard InChI is InChI=1S/C5H8O.3C5H12.C4H8O.C4H6O/c1-2-4-6-5-3-1;3*1-5(2,3)4;2*1-2-4-5-3-1/h1-2H,3-5H2;3*1-4H3;1-4H2;1,3H,2,4H2. The summed E-state index contributed by atoms with van der Waals surface area (Å²) in [6, 6.07) is 0. The van der Waals surface area contributed by atoms with E-state index in [0.717, 1.165) is 45.9 Å². The maximum Gasteiger partial charge on any atom is 0.0908 e. The predicted octanol–water partition coefficient (Wildman–Crippen LogP) is 8.84. The van der Waals surface area contributed by atoms with Crippen LogP contribution in [0.4, 0.5) is 0 Å². The van der Waals surface area contributed by atoms with Gasteiger partial charge in [-0.2, -0.15) is 0 Å². The van der Waals surface area contributed by atoms with Crippen LogP contribution in [-0.2, 0) is 14.2 Å². The number of hydrogen-bond donors (Lipinski definition) is 0. The van der Waals surface area contributed by atoms with Gasteiger partial charge in [0, 0.05) is 19.6 Å². The summed E-state index contributed by atoms with van der Waals surface area (Å²) in [5, 5.41) is 0. The van der Waals surface area contributed by atoms with Crippen LogP contribution >= 0.6 is 0 Å². The van der Waals surface area contributed by atoms with Crippen LogP contribution in [0.15, 0.2) is 24.5 Å². The first-order chi connectivity index (χ1) is 14.0. The molecule has 0 bridgehead atoms. The molecule has 0 aromatic heterocycles. The molecule has 0 aliphatic carbocycles. The van der Waals surface area contributed by atoms with E-state index in [1.807, 2.05) is 12.2 Å². The van der Waals surface area contributed by atoms with Crippen LogP contribution in [0.3, 0.4) is 0 Å². The average Bonchev–Trinajstić information content (AvgIpc) is 3.31. The fourth-order valence-corrected chi connectivity index (χ4v) is 1.34. The van der Waals surface area contributed by atoms with Crippen molar-refractivity contribution in [3.05, 3.63) is 24.5 Å². The Morgan fingerprint density at radius 2 is 0.903 bits per heavy atom. The van der Waals surface area contributed by atoms with Gasteiger partial charge in [0.1, 0.15) is 0 Å². The van der Waals surface area contributed by atoms with Crippen LogP contribution in [0, 0.1) is 16.2 Å². The second kappa shape index (κ2) is 21.1. The summed E-state index contributed by atoms with van der Waals surface area (Å²) in [5.41, 5.74) is 1.50. The van der Waals surface area contributed by atoms with Crippen LogP contribution in [0.5, 0.6) is 0 Å². The van der Waals surface area contributed by atoms with Crippen molar-refractivity contribution < 1.29 is 14.2 Å². The van der Waals surface area contributed by atoms with Crippen LogP contribution in [0.1, 0.15) is 109 Å². The van der Waals surface area contributed by atoms with Gasteiger partial charge >= 0.3 is 0 Å². The molecule has 0 N–H and O–H groups in total. The lowest BCUT2D eigenvalue weighted by molar-refractivity contribution is 0.158. The third-order valence-corrected chi connectivity index (χ3v) is 2.23. The Bertz CT molecular complexity index is 331. The Morgan fingerprint density at radius 3 is 1.00 bits per heavy atom. The van der Waals surface area contributed by atoms with Gasteiger partial charge in [0.25, 0.3) is 0 Å². The molecule has 0 radical (unpaired) electrons. The Labute approximate surface area is 197 Å². The minimum atomic E-state index is 0.500. The van der Waals surface area contributed by atoms with E-state index in [4.69, 9.17) is 14.2 Å². The van der Waals surface area contributed by atoms with Gasteiger partial charge in [0.2, 0.25) is 0 Å². The molecule has 3 heterocycles. The fraction of sp³-hybridized carbons (Fsp3) is 0.857. The third kappa shape index (κ3) is 93.5. The van der Waals surface area contributed by atoms with E-state index in [0.29, 0.717) is 16.2 Å². The second-order valence-electron chi connectivity index (χ2n) is 12.7. The molecular formula is C28H58O3. The summed E-state index contributed by atoms with van der Waals surface area (Å²) in [6.07, 6.45) is 12.7. The molecule has 0 spiro atoms. The molecule has 3 aliphatic rings. The van der Waals surface area contributed by atoms with Crippen molar-refractivity contribution >= 4 is 0 Å². The van der Waals surface area contributed by atoms with Crippen molar-refractivity contribution in [2.75, 3.05) is 33.0 Å². The molecule has 0 aromatic rings. The van der Waals surface area contributed by atoms with Gasteiger partial charge in [-0.1, -0.05) is 95.2 Å². The fourth-order valence-electron chi connectivity index (χ4n) is 1.34. The van der Waals surface area contributed by atoms with Crippen molar-refractivity contribution in [3.63, 3.8) is 0 Å². The predicted molar refractivity (Wildman–Crippen MR) is 140 cm³/mol. The topological polar surface area (TPSA) is 27.7 Å². The van der Waals surface area contributed by atoms with E-state index < -0.39 is 0 Å². The summed E-state index contributed by atoms with van der Waals surface area (Å²) in [5.74, 6) is 0. The molecule has 3 aliphatic heterocycles. The number of rotatable bonds is 0. The smallest absolute Gasteiger partial charge is 0.0908 e. The summed E-state index contributed by atoms with van der Waals surface area (Å²) in [4.78, 5) is 0. The highest BCUT2D eigenvalue weighted by Gasteiger charge is 1.96. The molecule has 1 fully saturated rings. The normalized spacial score (nSPS) is 16.9. The lowest BCUT2D eigenvalue weighted by Crippen LogP contribution is -1.96. The summed E-state index contributed by atoms with van der Waals surface area (Å²) in [6.45, 7) is 30.9. The molecule has 3 nitrogen and oxygen atoms in total. The number of ether oxygens (including phenoxy) is 3. The summed E-state index contributed by atoms with van der Waals surface area (Å²) in [7, 11) is 0. The molecule has 0 aromatic carbocycles. The van der Waals surface area contributed by atoms with E-state index in [-0.39, 0.29) is 0 Å². The zero-order valence-electron chi connectivity index (χ0n) is 23.4. The molecule has 0 unspecified atom stereocenters. The maximum absolute atomic E-state index is 4.98. The average molecular weight is 443 g/mol. The van der Waals surface area contributed by atoms with E-state index in [2.05, 4.69) is 89.2 Å². The summed E-state index contributed by atoms with van der Waals surface area (Å²) >= 11 is 0. The summed E-state index contributed by atoms with van der Waals surface area (Å²) < 4.78 is 14.7. The van der Waals surface area contributed by atoms with Crippen LogP contribution in [0.25, 0.3) is 0 Å². The van der Waals surface area contributed by atoms with E-state index in [1.54, 1.807) is 6.26 Å². The molecule has 0 saturated carbocycles. The van der Waals surface area contributed by atoms with Crippen molar-refractivity contribution in [2.45, 2.75) is 109 Å². The molecule has 188 valence electrons. The molecule has 0 atom stereocenters. The highest BCUT2D eigenvalue weighted by Crippen LogP contribution is 2.09. The van der Waals surface area contributed by atoms with Gasteiger partial charge in [0.05, 0.1) is 26.1 Å². The molecule has 0 amide bonds. The first-order valence-electron chi connectivity index (χ1n) is 12.1. The molecule has 3 rings (SSSR count). The van der Waals surface area contributed by atoms with Crippen molar-refractivity contribution in [1.82, 2.24) is 0 Å². The Morgan fingerprint density at radius 1 is 0.484 bits per heavy atom. The van der Waals surface area contributed by atoms with Gasteiger partial charge in [-0.15, -0.1) is 0 Å². The van der Waals surface area contributed by atoms with E-state index in [9.17, 15) is 0 Å². The minimum absolute atomic E-state index is 0.500. The van der Waals surface area contributed by atoms with Crippen molar-refractivity contribution in [2.24, 2.45) is 16.2 Å². The zero-order chi connectivity index (χ0) is 24.8. The zero-order valence-corrected chi connectivity index (χ0v) is 23.4. The first-order valence-corrected chi connectivity index (χ1v) is 12.1. The van der Waals surface area contributed by atoms with Gasteiger partial charge in [-0.05, 0) is 41.6 Å². The van der Waals surface area contributed by atoms with Crippen molar-refractivity contribution in [1.29, 1.82) is 0 Å². The van der Waals surface area contributed by atoms with Crippen LogP contribution in [0.2, 0.25) is 0 Å². The van der Waals surface area contributed by atoms with E-state index >= 15 is 0 Å². The van der Waals surface area contributed by atoms with Gasteiger partial charge < -0.3 is 14.2 Å². The first kappa shape index (κ1) is 34.8. The lowest BCUT2D eigenvalue weighted by atomic mass is 10.0. The van der Waals surface area contributed by atoms with Crippen LogP contribution in [-0.4, -0.2) is 33.0 Å². The molecule has 31 heavy (non-hydrogen) atoms. The molecule has 1 saturated heterocycles. The molecule has 3 heteroatoms. The monoisotopic (exact) mass is 442 g/mol. The lowest BCUT2D eigenvalue weighted by Gasteiger charge is -2.05. The third-order valence-electron chi connectivity index (χ3n) is 2.23. The van der Waals surface area contributed by atoms with Gasteiger partial charge in [-0.3, -0.25) is 0 Å². The van der Waals surface area contributed by atoms with E-state index in [1.165, 1.54) is 12.8 Å². The Hall–Kier alpha value is -0.800. The second-order valence-corrected chi connectivity index (χ2v) is 12.7. The highest BCUT2D eigenvalue weighted by molar-refractivity contribution is 4.84. The quantitative estimate of drug-likeness (QED) is 0.351.